The molecule has 7 heteroatoms. The van der Waals surface area contributed by atoms with Crippen LogP contribution in [0, 0.1) is 17.5 Å². The van der Waals surface area contributed by atoms with Gasteiger partial charge in [0.2, 0.25) is 5.95 Å². The number of rotatable bonds is 4. The maximum absolute atomic E-state index is 13.8. The molecule has 2 N–H and O–H groups in total. The van der Waals surface area contributed by atoms with Gasteiger partial charge in [0, 0.05) is 11.8 Å². The van der Waals surface area contributed by atoms with Crippen molar-refractivity contribution in [2.75, 3.05) is 5.32 Å². The minimum atomic E-state index is -1.53. The first-order valence-electron chi connectivity index (χ1n) is 9.27. The summed E-state index contributed by atoms with van der Waals surface area (Å²) in [4.78, 5) is 6.67. The number of aromatic nitrogens is 2. The molecule has 1 aromatic heterocycles. The van der Waals surface area contributed by atoms with Crippen LogP contribution < -0.4 is 10.1 Å². The van der Waals surface area contributed by atoms with Crippen LogP contribution in [-0.4, -0.2) is 9.97 Å². The highest BCUT2D eigenvalue weighted by molar-refractivity contribution is 5.79. The van der Waals surface area contributed by atoms with Gasteiger partial charge in [0.05, 0.1) is 5.52 Å². The smallest absolute Gasteiger partial charge is 0.205 e. The van der Waals surface area contributed by atoms with E-state index in [1.54, 1.807) is 24.3 Å². The maximum Gasteiger partial charge on any atom is 0.205 e. The molecule has 0 unspecified atom stereocenters. The van der Waals surface area contributed by atoms with E-state index < -0.39 is 17.5 Å². The monoisotopic (exact) mass is 395 g/mol. The lowest BCUT2D eigenvalue weighted by atomic mass is 10.1. The maximum atomic E-state index is 13.8. The topological polar surface area (TPSA) is 49.9 Å². The number of hydrogen-bond donors (Lipinski definition) is 2. The number of anilines is 2. The molecule has 1 heterocycles. The standard InChI is InChI=1S/C22H16F3N3O/c23-17-11-18-21(20(25)19(17)24)28-22(27-18)26-14-5-8-15(9-6-14)29-16-7-4-12-2-1-3-13(12)10-16/h4-11H,1-3H2,(H2,26,27,28). The van der Waals surface area contributed by atoms with Crippen LogP contribution in [-0.2, 0) is 12.8 Å². The summed E-state index contributed by atoms with van der Waals surface area (Å²) < 4.78 is 46.4. The van der Waals surface area contributed by atoms with Crippen LogP contribution in [0.5, 0.6) is 11.5 Å². The zero-order chi connectivity index (χ0) is 20.0. The van der Waals surface area contributed by atoms with Gasteiger partial charge >= 0.3 is 0 Å². The van der Waals surface area contributed by atoms with Gasteiger partial charge < -0.3 is 15.0 Å². The van der Waals surface area contributed by atoms with Gasteiger partial charge in [-0.1, -0.05) is 6.07 Å². The fourth-order valence-electron chi connectivity index (χ4n) is 3.61. The van der Waals surface area contributed by atoms with Gasteiger partial charge in [0.1, 0.15) is 17.0 Å². The molecule has 1 aliphatic rings. The van der Waals surface area contributed by atoms with E-state index >= 15 is 0 Å². The molecule has 0 aliphatic heterocycles. The summed E-state index contributed by atoms with van der Waals surface area (Å²) in [7, 11) is 0. The van der Waals surface area contributed by atoms with Crippen LogP contribution in [0.15, 0.2) is 48.5 Å². The Morgan fingerprint density at radius 2 is 1.62 bits per heavy atom. The second kappa shape index (κ2) is 6.84. The fraction of sp³-hybridized carbons (Fsp3) is 0.136. The number of hydrogen-bond acceptors (Lipinski definition) is 3. The fourth-order valence-corrected chi connectivity index (χ4v) is 3.61. The minimum Gasteiger partial charge on any atom is -0.457 e. The van der Waals surface area contributed by atoms with Gasteiger partial charge in [0.25, 0.3) is 0 Å². The lowest BCUT2D eigenvalue weighted by Gasteiger charge is -2.09. The zero-order valence-corrected chi connectivity index (χ0v) is 15.2. The Morgan fingerprint density at radius 1 is 0.862 bits per heavy atom. The normalized spacial score (nSPS) is 12.9. The van der Waals surface area contributed by atoms with Crippen molar-refractivity contribution < 1.29 is 17.9 Å². The molecule has 5 rings (SSSR count). The molecule has 1 aliphatic carbocycles. The first-order valence-corrected chi connectivity index (χ1v) is 9.27. The molecule has 0 saturated heterocycles. The van der Waals surface area contributed by atoms with Crippen molar-refractivity contribution in [2.45, 2.75) is 19.3 Å². The molecule has 29 heavy (non-hydrogen) atoms. The van der Waals surface area contributed by atoms with E-state index in [1.807, 2.05) is 6.07 Å². The highest BCUT2D eigenvalue weighted by Crippen LogP contribution is 2.30. The zero-order valence-electron chi connectivity index (χ0n) is 15.2. The van der Waals surface area contributed by atoms with Crippen molar-refractivity contribution in [3.05, 3.63) is 77.1 Å². The van der Waals surface area contributed by atoms with E-state index in [9.17, 15) is 13.2 Å². The van der Waals surface area contributed by atoms with Gasteiger partial charge in [-0.15, -0.1) is 0 Å². The predicted octanol–water partition coefficient (Wildman–Crippen LogP) is 6.00. The van der Waals surface area contributed by atoms with Crippen LogP contribution >= 0.6 is 0 Å². The van der Waals surface area contributed by atoms with Gasteiger partial charge in [-0.05, 0) is 66.8 Å². The molecule has 0 atom stereocenters. The highest BCUT2D eigenvalue weighted by atomic mass is 19.2. The SMILES string of the molecule is Fc1cc2nc(Nc3ccc(Oc4ccc5c(c4)CCC5)cc3)[nH]c2c(F)c1F. The molecule has 0 saturated carbocycles. The van der Waals surface area contributed by atoms with E-state index in [0.29, 0.717) is 11.4 Å². The Bertz CT molecular complexity index is 1220. The van der Waals surface area contributed by atoms with Crippen molar-refractivity contribution >= 4 is 22.7 Å². The quantitative estimate of drug-likeness (QED) is 0.417. The second-order valence-electron chi connectivity index (χ2n) is 7.00. The van der Waals surface area contributed by atoms with E-state index in [-0.39, 0.29) is 17.0 Å². The molecular formula is C22H16F3N3O. The van der Waals surface area contributed by atoms with Crippen molar-refractivity contribution in [2.24, 2.45) is 0 Å². The molecule has 0 amide bonds. The van der Waals surface area contributed by atoms with Gasteiger partial charge in [-0.25, -0.2) is 18.2 Å². The van der Waals surface area contributed by atoms with Gasteiger partial charge in [0.15, 0.2) is 17.5 Å². The minimum absolute atomic E-state index is 0.000429. The molecule has 4 nitrogen and oxygen atoms in total. The number of nitrogens with one attached hydrogen (secondary N) is 2. The molecule has 0 fully saturated rings. The van der Waals surface area contributed by atoms with Crippen molar-refractivity contribution in [1.82, 2.24) is 9.97 Å². The summed E-state index contributed by atoms with van der Waals surface area (Å²) in [6, 6.07) is 14.1. The third-order valence-electron chi connectivity index (χ3n) is 5.04. The van der Waals surface area contributed by atoms with Crippen LogP contribution in [0.2, 0.25) is 0 Å². The Labute approximate surface area is 164 Å². The van der Waals surface area contributed by atoms with E-state index in [2.05, 4.69) is 27.4 Å². The van der Waals surface area contributed by atoms with E-state index in [4.69, 9.17) is 4.74 Å². The summed E-state index contributed by atoms with van der Waals surface area (Å²) >= 11 is 0. The van der Waals surface area contributed by atoms with Crippen LogP contribution in [0.25, 0.3) is 11.0 Å². The van der Waals surface area contributed by atoms with E-state index in [0.717, 1.165) is 24.7 Å². The van der Waals surface area contributed by atoms with Crippen molar-refractivity contribution in [3.8, 4) is 11.5 Å². The molecule has 0 bridgehead atoms. The average Bonchev–Trinajstić information content (AvgIpc) is 3.34. The molecule has 4 aromatic rings. The molecule has 0 spiro atoms. The number of H-pyrrole nitrogens is 1. The number of benzene rings is 3. The van der Waals surface area contributed by atoms with Gasteiger partial charge in [-0.2, -0.15) is 0 Å². The van der Waals surface area contributed by atoms with Gasteiger partial charge in [-0.3, -0.25) is 0 Å². The number of halogens is 3. The second-order valence-corrected chi connectivity index (χ2v) is 7.00. The highest BCUT2D eigenvalue weighted by Gasteiger charge is 2.17. The summed E-state index contributed by atoms with van der Waals surface area (Å²) in [6.07, 6.45) is 3.40. The summed E-state index contributed by atoms with van der Waals surface area (Å²) in [5, 5.41) is 2.95. The van der Waals surface area contributed by atoms with Crippen molar-refractivity contribution in [1.29, 1.82) is 0 Å². The Balaban J connectivity index is 1.33. The van der Waals surface area contributed by atoms with E-state index in [1.165, 1.54) is 17.5 Å². The summed E-state index contributed by atoms with van der Waals surface area (Å²) in [5.41, 5.74) is 3.19. The molecule has 3 aromatic carbocycles. The third-order valence-corrected chi connectivity index (χ3v) is 5.04. The Hall–Kier alpha value is -3.48. The number of imidazole rings is 1. The Kier molecular flexibility index (Phi) is 4.16. The largest absolute Gasteiger partial charge is 0.457 e. The Morgan fingerprint density at radius 3 is 2.45 bits per heavy atom. The number of aromatic amines is 1. The van der Waals surface area contributed by atoms with Crippen LogP contribution in [0.3, 0.4) is 0 Å². The first kappa shape index (κ1) is 17.6. The number of ether oxygens (including phenoxy) is 1. The molecular weight excluding hydrogens is 379 g/mol. The summed E-state index contributed by atoms with van der Waals surface area (Å²) in [6.45, 7) is 0. The molecule has 146 valence electrons. The third kappa shape index (κ3) is 3.29. The number of fused-ring (bicyclic) bond motifs is 2. The van der Waals surface area contributed by atoms with Crippen molar-refractivity contribution in [3.63, 3.8) is 0 Å². The number of aryl methyl sites for hydroxylation is 2. The van der Waals surface area contributed by atoms with Crippen LogP contribution in [0.1, 0.15) is 17.5 Å². The first-order chi connectivity index (χ1) is 14.1. The lowest BCUT2D eigenvalue weighted by molar-refractivity contribution is 0.452. The number of nitrogens with zero attached hydrogens (tertiary/aromatic N) is 1. The average molecular weight is 395 g/mol. The lowest BCUT2D eigenvalue weighted by Crippen LogP contribution is -1.93. The summed E-state index contributed by atoms with van der Waals surface area (Å²) in [5.74, 6) is -2.45. The van der Waals surface area contributed by atoms with Crippen LogP contribution in [0.4, 0.5) is 24.8 Å². The molecule has 0 radical (unpaired) electrons. The predicted molar refractivity (Wildman–Crippen MR) is 104 cm³/mol.